The van der Waals surface area contributed by atoms with E-state index in [0.717, 1.165) is 0 Å². The first-order valence-electron chi connectivity index (χ1n) is 6.68. The summed E-state index contributed by atoms with van der Waals surface area (Å²) in [7, 11) is -0.812. The van der Waals surface area contributed by atoms with Crippen LogP contribution in [-0.4, -0.2) is 25.2 Å². The molecule has 15 heavy (non-hydrogen) atoms. The Morgan fingerprint density at radius 1 is 0.667 bits per heavy atom. The molecule has 0 aliphatic rings. The number of hydrogen-bond acceptors (Lipinski definition) is 1. The Morgan fingerprint density at radius 2 is 0.933 bits per heavy atom. The van der Waals surface area contributed by atoms with E-state index in [2.05, 4.69) is 27.4 Å². The number of rotatable bonds is 9. The van der Waals surface area contributed by atoms with Gasteiger partial charge in [0.05, 0.1) is 0 Å². The maximum absolute atomic E-state index is 2.65. The van der Waals surface area contributed by atoms with E-state index in [0.29, 0.717) is 0 Å². The van der Waals surface area contributed by atoms with Crippen molar-refractivity contribution in [2.75, 3.05) is 25.2 Å². The van der Waals surface area contributed by atoms with Gasteiger partial charge in [-0.05, 0) is 0 Å². The van der Waals surface area contributed by atoms with Gasteiger partial charge in [-0.25, -0.2) is 0 Å². The molecule has 0 heterocycles. The minimum atomic E-state index is -0.812. The van der Waals surface area contributed by atoms with E-state index in [1.807, 2.05) is 0 Å². The third-order valence-corrected chi connectivity index (χ3v) is 8.08. The Balaban J connectivity index is 0. The molecule has 0 saturated carbocycles. The molecule has 0 amide bonds. The van der Waals surface area contributed by atoms with Crippen LogP contribution in [0, 0.1) is 0 Å². The van der Waals surface area contributed by atoms with Crippen molar-refractivity contribution in [1.82, 2.24) is 6.15 Å². The summed E-state index contributed by atoms with van der Waals surface area (Å²) in [6.07, 6.45) is 13.4. The molecule has 0 unspecified atom stereocenters. The smallest absolute Gasteiger partial charge is 0.344 e. The van der Waals surface area contributed by atoms with Crippen LogP contribution in [-0.2, 0) is 0 Å². The molecule has 0 aliphatic carbocycles. The van der Waals surface area contributed by atoms with Crippen molar-refractivity contribution in [3.8, 4) is 0 Å². The molecular weight excluding hydrogens is 201 g/mol. The maximum atomic E-state index is 2.65. The van der Waals surface area contributed by atoms with Crippen molar-refractivity contribution in [3.05, 3.63) is 0 Å². The van der Waals surface area contributed by atoms with Gasteiger partial charge in [-0.1, -0.05) is 0 Å². The summed E-state index contributed by atoms with van der Waals surface area (Å²) in [5, 5.41) is 0. The van der Waals surface area contributed by atoms with Gasteiger partial charge in [0, 0.05) is 0 Å². The van der Waals surface area contributed by atoms with Crippen LogP contribution in [0.4, 0.5) is 0 Å². The summed E-state index contributed by atoms with van der Waals surface area (Å²) >= 11 is 0. The van der Waals surface area contributed by atoms with Crippen LogP contribution in [0.2, 0.25) is 0 Å². The molecule has 0 aromatic carbocycles. The fraction of sp³-hybridized carbons (Fsp3) is 1.00. The monoisotopic (exact) mass is 235 g/mol. The Labute approximate surface area is 98.3 Å². The molecule has 0 aliphatic heterocycles. The van der Waals surface area contributed by atoms with Crippen LogP contribution < -0.4 is 6.15 Å². The zero-order valence-electron chi connectivity index (χ0n) is 11.6. The zero-order chi connectivity index (χ0) is 10.9. The van der Waals surface area contributed by atoms with Crippen LogP contribution >= 0.6 is 7.26 Å². The molecule has 0 bridgehead atoms. The van der Waals surface area contributed by atoms with Crippen LogP contribution in [0.1, 0.15) is 59.3 Å². The molecule has 0 aromatic rings. The standard InChI is InChI=1S/C13H31P.H3N/c1-5-8-11-14(4,12-9-6-2)13-10-7-3;/h14H,5-13H2,1-4H3;1H3. The quantitative estimate of drug-likeness (QED) is 0.565. The topological polar surface area (TPSA) is 35.0 Å². The van der Waals surface area contributed by atoms with E-state index in [9.17, 15) is 0 Å². The molecule has 0 rings (SSSR count). The van der Waals surface area contributed by atoms with Crippen molar-refractivity contribution >= 4 is 7.26 Å². The SMILES string of the molecule is CCCC[PH](C)(CCCC)CCCC.N. The minimum absolute atomic E-state index is 0. The van der Waals surface area contributed by atoms with Gasteiger partial charge in [0.15, 0.2) is 0 Å². The van der Waals surface area contributed by atoms with Crippen molar-refractivity contribution < 1.29 is 0 Å². The van der Waals surface area contributed by atoms with Crippen LogP contribution in [0.15, 0.2) is 0 Å². The van der Waals surface area contributed by atoms with Gasteiger partial charge in [-0.3, -0.25) is 0 Å². The first-order valence-corrected chi connectivity index (χ1v) is 9.80. The Hall–Kier alpha value is 0.390. The second kappa shape index (κ2) is 10.9. The molecule has 0 spiro atoms. The molecule has 2 heteroatoms. The van der Waals surface area contributed by atoms with E-state index in [1.54, 1.807) is 18.5 Å². The van der Waals surface area contributed by atoms with Crippen molar-refractivity contribution in [2.45, 2.75) is 59.3 Å². The Bertz CT molecular complexity index is 104. The molecule has 1 nitrogen and oxygen atoms in total. The van der Waals surface area contributed by atoms with Crippen molar-refractivity contribution in [2.24, 2.45) is 0 Å². The van der Waals surface area contributed by atoms with Crippen LogP contribution in [0.25, 0.3) is 0 Å². The van der Waals surface area contributed by atoms with E-state index in [4.69, 9.17) is 0 Å². The number of unbranched alkanes of at least 4 members (excludes halogenated alkanes) is 3. The maximum Gasteiger partial charge on any atom is -0.344 e. The first kappa shape index (κ1) is 17.8. The van der Waals surface area contributed by atoms with E-state index < -0.39 is 7.26 Å². The minimum Gasteiger partial charge on any atom is -0.344 e. The average molecular weight is 235 g/mol. The molecule has 96 valence electrons. The average Bonchev–Trinajstić information content (AvgIpc) is 2.21. The summed E-state index contributed by atoms with van der Waals surface area (Å²) in [6, 6.07) is 0. The predicted octanol–water partition coefficient (Wildman–Crippen LogP) is 4.93. The predicted molar refractivity (Wildman–Crippen MR) is 78.6 cm³/mol. The Morgan fingerprint density at radius 3 is 1.13 bits per heavy atom. The van der Waals surface area contributed by atoms with E-state index in [-0.39, 0.29) is 6.15 Å². The normalized spacial score (nSPS) is 12.3. The van der Waals surface area contributed by atoms with Crippen LogP contribution in [0.5, 0.6) is 0 Å². The van der Waals surface area contributed by atoms with Crippen molar-refractivity contribution in [3.63, 3.8) is 0 Å². The second-order valence-electron chi connectivity index (χ2n) is 5.12. The summed E-state index contributed by atoms with van der Waals surface area (Å²) in [5.41, 5.74) is 0. The second-order valence-corrected chi connectivity index (χ2v) is 10.2. The van der Waals surface area contributed by atoms with Crippen LogP contribution in [0.3, 0.4) is 0 Å². The van der Waals surface area contributed by atoms with Crippen molar-refractivity contribution in [1.29, 1.82) is 0 Å². The zero-order valence-corrected chi connectivity index (χ0v) is 12.6. The fourth-order valence-corrected chi connectivity index (χ4v) is 6.56. The molecule has 0 saturated heterocycles. The van der Waals surface area contributed by atoms with Gasteiger partial charge in [0.25, 0.3) is 0 Å². The Kier molecular flexibility index (Phi) is 12.9. The van der Waals surface area contributed by atoms with Gasteiger partial charge in [0.1, 0.15) is 0 Å². The first-order chi connectivity index (χ1) is 6.68. The summed E-state index contributed by atoms with van der Waals surface area (Å²) in [5.74, 6) is 0. The molecule has 0 aromatic heterocycles. The van der Waals surface area contributed by atoms with Gasteiger partial charge >= 0.3 is 91.7 Å². The number of hydrogen-bond donors (Lipinski definition) is 1. The van der Waals surface area contributed by atoms with Gasteiger partial charge in [-0.15, -0.1) is 0 Å². The molecule has 0 radical (unpaired) electrons. The summed E-state index contributed by atoms with van der Waals surface area (Å²) in [6.45, 7) is 9.63. The van der Waals surface area contributed by atoms with Gasteiger partial charge in [0.2, 0.25) is 0 Å². The summed E-state index contributed by atoms with van der Waals surface area (Å²) in [4.78, 5) is 0. The molecule has 0 atom stereocenters. The van der Waals surface area contributed by atoms with E-state index >= 15 is 0 Å². The third-order valence-electron chi connectivity index (χ3n) is 3.40. The molecule has 3 N–H and O–H groups in total. The molecular formula is C13H34NP. The fourth-order valence-electron chi connectivity index (χ4n) is 2.19. The van der Waals surface area contributed by atoms with Gasteiger partial charge < -0.3 is 6.15 Å². The van der Waals surface area contributed by atoms with E-state index in [1.165, 1.54) is 38.5 Å². The largest absolute Gasteiger partial charge is 0.344 e. The molecule has 0 fully saturated rings. The summed E-state index contributed by atoms with van der Waals surface area (Å²) < 4.78 is 0. The third kappa shape index (κ3) is 9.33. The van der Waals surface area contributed by atoms with Gasteiger partial charge in [-0.2, -0.15) is 0 Å².